The molecule has 10 heteroatoms. The van der Waals surface area contributed by atoms with Gasteiger partial charge in [-0.1, -0.05) is 40.7 Å². The molecule has 2 aromatic carbocycles. The van der Waals surface area contributed by atoms with Crippen molar-refractivity contribution in [1.82, 2.24) is 4.90 Å². The average molecular weight is 598 g/mol. The number of hydrogen-bond donors (Lipinski definition) is 0. The van der Waals surface area contributed by atoms with Gasteiger partial charge in [-0.2, -0.15) is 26.3 Å². The van der Waals surface area contributed by atoms with E-state index in [9.17, 15) is 31.1 Å². The van der Waals surface area contributed by atoms with Crippen molar-refractivity contribution < 1.29 is 40.6 Å². The number of benzene rings is 2. The van der Waals surface area contributed by atoms with Crippen molar-refractivity contribution in [3.63, 3.8) is 0 Å². The number of nitrogens with zero attached hydrogens (tertiary/aromatic N) is 1. The van der Waals surface area contributed by atoms with Gasteiger partial charge < -0.3 is 9.47 Å². The summed E-state index contributed by atoms with van der Waals surface area (Å²) in [5.41, 5.74) is 0.558. The maximum absolute atomic E-state index is 13.5. The average Bonchev–Trinajstić information content (AvgIpc) is 3.14. The minimum Gasteiger partial charge on any atom is -0.496 e. The molecular formula is C32H37F6NO3. The van der Waals surface area contributed by atoms with Crippen molar-refractivity contribution in [3.8, 4) is 5.75 Å². The van der Waals surface area contributed by atoms with Gasteiger partial charge in [0.25, 0.3) is 0 Å². The summed E-state index contributed by atoms with van der Waals surface area (Å²) in [6.07, 6.45) is -9.85. The Morgan fingerprint density at radius 3 is 2.07 bits per heavy atom. The molecule has 0 aromatic heterocycles. The lowest BCUT2D eigenvalue weighted by atomic mass is 9.72. The monoisotopic (exact) mass is 597 g/mol. The van der Waals surface area contributed by atoms with E-state index in [1.165, 1.54) is 4.90 Å². The Kier molecular flexibility index (Phi) is 8.19. The molecule has 0 N–H and O–H groups in total. The van der Waals surface area contributed by atoms with Crippen LogP contribution in [0.15, 0.2) is 42.0 Å². The number of ether oxygens (including phenoxy) is 2. The zero-order valence-electron chi connectivity index (χ0n) is 24.9. The van der Waals surface area contributed by atoms with Crippen LogP contribution in [-0.2, 0) is 22.5 Å². The molecule has 0 bridgehead atoms. The normalized spacial score (nSPS) is 21.5. The fourth-order valence-electron chi connectivity index (χ4n) is 5.81. The molecule has 1 aliphatic carbocycles. The second-order valence-corrected chi connectivity index (χ2v) is 13.1. The second-order valence-electron chi connectivity index (χ2n) is 13.1. The van der Waals surface area contributed by atoms with E-state index in [0.717, 1.165) is 35.1 Å². The van der Waals surface area contributed by atoms with E-state index in [1.54, 1.807) is 14.0 Å². The highest BCUT2D eigenvalue weighted by molar-refractivity contribution is 5.77. The lowest BCUT2D eigenvalue weighted by Gasteiger charge is -2.36. The van der Waals surface area contributed by atoms with E-state index in [1.807, 2.05) is 12.1 Å². The molecule has 0 spiro atoms. The van der Waals surface area contributed by atoms with Gasteiger partial charge >= 0.3 is 18.4 Å². The maximum Gasteiger partial charge on any atom is 0.416 e. The molecular weight excluding hydrogens is 560 g/mol. The molecule has 0 radical (unpaired) electrons. The lowest BCUT2D eigenvalue weighted by Crippen LogP contribution is -2.35. The van der Waals surface area contributed by atoms with E-state index in [2.05, 4.69) is 40.7 Å². The summed E-state index contributed by atoms with van der Waals surface area (Å²) in [6.45, 7) is 12.3. The summed E-state index contributed by atoms with van der Waals surface area (Å²) in [7, 11) is 1.59. The van der Waals surface area contributed by atoms with Gasteiger partial charge in [-0.25, -0.2) is 4.79 Å². The van der Waals surface area contributed by atoms with Crippen LogP contribution in [0.1, 0.15) is 94.7 Å². The lowest BCUT2D eigenvalue weighted by molar-refractivity contribution is -0.143. The molecule has 42 heavy (non-hydrogen) atoms. The molecule has 2 aliphatic rings. The third kappa shape index (κ3) is 6.57. The Bertz CT molecular complexity index is 1350. The summed E-state index contributed by atoms with van der Waals surface area (Å²) in [5, 5.41) is 0. The van der Waals surface area contributed by atoms with Crippen LogP contribution >= 0.6 is 0 Å². The number of amides is 1. The topological polar surface area (TPSA) is 38.8 Å². The second kappa shape index (κ2) is 10.8. The summed E-state index contributed by atoms with van der Waals surface area (Å²) < 4.78 is 92.3. The minimum atomic E-state index is -5.00. The van der Waals surface area contributed by atoms with Gasteiger partial charge in [0.1, 0.15) is 11.9 Å². The first kappa shape index (κ1) is 31.8. The molecule has 2 atom stereocenters. The van der Waals surface area contributed by atoms with E-state index >= 15 is 0 Å². The molecule has 1 amide bonds. The maximum atomic E-state index is 13.5. The third-order valence-electron chi connectivity index (χ3n) is 8.25. The van der Waals surface area contributed by atoms with E-state index in [0.29, 0.717) is 24.3 Å². The van der Waals surface area contributed by atoms with Crippen molar-refractivity contribution in [2.45, 2.75) is 90.7 Å². The number of cyclic esters (lactones) is 1. The number of halogens is 6. The van der Waals surface area contributed by atoms with Crippen molar-refractivity contribution in [3.05, 3.63) is 69.8 Å². The van der Waals surface area contributed by atoms with Gasteiger partial charge in [0, 0.05) is 12.1 Å². The predicted molar refractivity (Wildman–Crippen MR) is 148 cm³/mol. The Morgan fingerprint density at radius 1 is 0.952 bits per heavy atom. The molecule has 1 heterocycles. The van der Waals surface area contributed by atoms with Crippen LogP contribution in [0.4, 0.5) is 31.1 Å². The van der Waals surface area contributed by atoms with Gasteiger partial charge in [0.05, 0.1) is 24.3 Å². The first-order chi connectivity index (χ1) is 19.2. The van der Waals surface area contributed by atoms with Crippen LogP contribution in [0.5, 0.6) is 5.75 Å². The molecule has 0 unspecified atom stereocenters. The third-order valence-corrected chi connectivity index (χ3v) is 8.25. The van der Waals surface area contributed by atoms with Crippen molar-refractivity contribution in [1.29, 1.82) is 0 Å². The van der Waals surface area contributed by atoms with Crippen molar-refractivity contribution >= 4 is 11.7 Å². The molecule has 1 aliphatic heterocycles. The first-order valence-corrected chi connectivity index (χ1v) is 13.9. The van der Waals surface area contributed by atoms with E-state index in [-0.39, 0.29) is 29.0 Å². The number of carbonyl (C=O) groups excluding carboxylic acids is 1. The molecule has 4 nitrogen and oxygen atoms in total. The standard InChI is InChI=1S/C32H37F6NO3/c1-18-27(19-12-22(31(33,34)35)14-23(13-19)32(36,37)38)42-28(40)39(18)17-20-16-30(5,6)11-10-24(20)25-15-21(29(2,3)4)8-9-26(25)41-7/h8-9,12-15,18,27H,10-11,16-17H2,1-7H3/t18-,27-/m0/s1. The fourth-order valence-corrected chi connectivity index (χ4v) is 5.81. The molecule has 1 saturated heterocycles. The fraction of sp³-hybridized carbons (Fsp3) is 0.531. The van der Waals surface area contributed by atoms with Gasteiger partial charge in [0.2, 0.25) is 0 Å². The van der Waals surface area contributed by atoms with Crippen LogP contribution in [0.25, 0.3) is 5.57 Å². The predicted octanol–water partition coefficient (Wildman–Crippen LogP) is 9.58. The number of carbonyl (C=O) groups is 1. The Hall–Kier alpha value is -3.17. The Morgan fingerprint density at radius 2 is 1.55 bits per heavy atom. The summed E-state index contributed by atoms with van der Waals surface area (Å²) in [4.78, 5) is 14.5. The van der Waals surface area contributed by atoms with E-state index < -0.39 is 41.7 Å². The highest BCUT2D eigenvalue weighted by atomic mass is 19.4. The van der Waals surface area contributed by atoms with Crippen molar-refractivity contribution in [2.24, 2.45) is 5.41 Å². The van der Waals surface area contributed by atoms with Crippen LogP contribution in [0.2, 0.25) is 0 Å². The molecule has 230 valence electrons. The zero-order chi connectivity index (χ0) is 31.4. The highest BCUT2D eigenvalue weighted by Gasteiger charge is 2.44. The van der Waals surface area contributed by atoms with Gasteiger partial charge in [-0.05, 0) is 89.6 Å². The number of rotatable bonds is 5. The summed E-state index contributed by atoms with van der Waals surface area (Å²) in [5.74, 6) is 0.689. The largest absolute Gasteiger partial charge is 0.496 e. The van der Waals surface area contributed by atoms with Gasteiger partial charge in [-0.15, -0.1) is 0 Å². The number of alkyl halides is 6. The van der Waals surface area contributed by atoms with Gasteiger partial charge in [-0.3, -0.25) is 4.90 Å². The smallest absolute Gasteiger partial charge is 0.416 e. The molecule has 0 saturated carbocycles. The quantitative estimate of drug-likeness (QED) is 0.322. The summed E-state index contributed by atoms with van der Waals surface area (Å²) >= 11 is 0. The van der Waals surface area contributed by atoms with Crippen LogP contribution in [0.3, 0.4) is 0 Å². The van der Waals surface area contributed by atoms with E-state index in [4.69, 9.17) is 9.47 Å². The Balaban J connectivity index is 1.76. The molecule has 4 rings (SSSR count). The number of hydrogen-bond acceptors (Lipinski definition) is 3. The van der Waals surface area contributed by atoms with Gasteiger partial charge in [0.15, 0.2) is 0 Å². The summed E-state index contributed by atoms with van der Waals surface area (Å²) in [6, 6.07) is 6.56. The number of allylic oxidation sites excluding steroid dienone is 1. The van der Waals surface area contributed by atoms with Crippen LogP contribution in [0, 0.1) is 5.41 Å². The SMILES string of the molecule is COc1ccc(C(C)(C)C)cc1C1=C(CN2C(=O)O[C@H](c3cc(C(F)(F)F)cc(C(F)(F)F)c3)[C@@H]2C)CC(C)(C)CC1. The minimum absolute atomic E-state index is 0.0724. The van der Waals surface area contributed by atoms with Crippen LogP contribution in [-0.4, -0.2) is 30.7 Å². The highest BCUT2D eigenvalue weighted by Crippen LogP contribution is 2.47. The zero-order valence-corrected chi connectivity index (χ0v) is 24.9. The Labute approximate surface area is 242 Å². The van der Waals surface area contributed by atoms with Crippen molar-refractivity contribution in [2.75, 3.05) is 13.7 Å². The van der Waals surface area contributed by atoms with Crippen LogP contribution < -0.4 is 4.74 Å². The molecule has 2 aromatic rings. The first-order valence-electron chi connectivity index (χ1n) is 13.9. The molecule has 1 fully saturated rings. The number of methoxy groups -OCH3 is 1.